The summed E-state index contributed by atoms with van der Waals surface area (Å²) in [6, 6.07) is 0. The second kappa shape index (κ2) is 4.84. The molecule has 1 fully saturated rings. The summed E-state index contributed by atoms with van der Waals surface area (Å²) in [6.45, 7) is 10.5. The molecule has 0 atom stereocenters. The summed E-state index contributed by atoms with van der Waals surface area (Å²) in [6.07, 6.45) is 4.02. The number of hydrogen-bond acceptors (Lipinski definition) is 3. The van der Waals surface area contributed by atoms with Crippen molar-refractivity contribution >= 4 is 11.3 Å². The fourth-order valence-electron chi connectivity index (χ4n) is 2.29. The van der Waals surface area contributed by atoms with Crippen LogP contribution in [0, 0.1) is 12.3 Å². The summed E-state index contributed by atoms with van der Waals surface area (Å²) in [5.74, 6) is 0. The van der Waals surface area contributed by atoms with Gasteiger partial charge < -0.3 is 0 Å². The molecule has 0 N–H and O–H groups in total. The van der Waals surface area contributed by atoms with E-state index in [1.54, 1.807) is 11.3 Å². The molecule has 1 aromatic heterocycles. The van der Waals surface area contributed by atoms with E-state index in [-0.39, 0.29) is 0 Å². The van der Waals surface area contributed by atoms with E-state index < -0.39 is 0 Å². The molecular weight excluding hydrogens is 216 g/mol. The van der Waals surface area contributed by atoms with Crippen LogP contribution in [0.3, 0.4) is 0 Å². The molecule has 2 nitrogen and oxygen atoms in total. The van der Waals surface area contributed by atoms with Gasteiger partial charge in [0.1, 0.15) is 0 Å². The van der Waals surface area contributed by atoms with Crippen LogP contribution in [-0.2, 0) is 6.54 Å². The van der Waals surface area contributed by atoms with Crippen LogP contribution in [0.5, 0.6) is 0 Å². The van der Waals surface area contributed by atoms with Crippen molar-refractivity contribution < 1.29 is 0 Å². The van der Waals surface area contributed by atoms with E-state index >= 15 is 0 Å². The summed E-state index contributed by atoms with van der Waals surface area (Å²) < 4.78 is 0. The van der Waals surface area contributed by atoms with Crippen molar-refractivity contribution in [3.05, 3.63) is 16.1 Å². The third-order valence-corrected chi connectivity index (χ3v) is 5.05. The Morgan fingerprint density at radius 1 is 1.44 bits per heavy atom. The maximum atomic E-state index is 4.32. The minimum Gasteiger partial charge on any atom is -0.298 e. The molecule has 0 spiro atoms. The van der Waals surface area contributed by atoms with Crippen molar-refractivity contribution in [3.63, 3.8) is 0 Å². The first-order valence-corrected chi connectivity index (χ1v) is 7.12. The average Bonchev–Trinajstić information content (AvgIpc) is 2.68. The van der Waals surface area contributed by atoms with Crippen LogP contribution in [0.1, 0.15) is 43.7 Å². The van der Waals surface area contributed by atoms with E-state index in [0.717, 1.165) is 6.54 Å². The van der Waals surface area contributed by atoms with Gasteiger partial charge in [0.15, 0.2) is 0 Å². The summed E-state index contributed by atoms with van der Waals surface area (Å²) in [5, 5.41) is 0. The molecule has 0 bridgehead atoms. The van der Waals surface area contributed by atoms with Gasteiger partial charge in [0.2, 0.25) is 0 Å². The van der Waals surface area contributed by atoms with Gasteiger partial charge in [0, 0.05) is 11.4 Å². The van der Waals surface area contributed by atoms with E-state index in [9.17, 15) is 0 Å². The fourth-order valence-corrected chi connectivity index (χ4v) is 3.10. The summed E-state index contributed by atoms with van der Waals surface area (Å²) >= 11 is 1.80. The largest absolute Gasteiger partial charge is 0.298 e. The maximum absolute atomic E-state index is 4.32. The van der Waals surface area contributed by atoms with Crippen LogP contribution in [0.2, 0.25) is 0 Å². The first-order chi connectivity index (χ1) is 7.63. The van der Waals surface area contributed by atoms with E-state index in [0.29, 0.717) is 5.41 Å². The highest BCUT2D eigenvalue weighted by molar-refractivity contribution is 7.09. The zero-order chi connectivity index (χ0) is 11.6. The third kappa shape index (κ3) is 2.64. The number of aromatic nitrogens is 1. The fraction of sp³-hybridized carbons (Fsp3) is 0.769. The second-order valence-electron chi connectivity index (χ2n) is 5.30. The van der Waals surface area contributed by atoms with Crippen molar-refractivity contribution in [1.29, 1.82) is 0 Å². The van der Waals surface area contributed by atoms with Crippen molar-refractivity contribution in [1.82, 2.24) is 9.88 Å². The summed E-state index contributed by atoms with van der Waals surface area (Å²) in [4.78, 5) is 8.34. The molecule has 1 aliphatic heterocycles. The van der Waals surface area contributed by atoms with Gasteiger partial charge in [-0.15, -0.1) is 11.3 Å². The Morgan fingerprint density at radius 3 is 2.62 bits per heavy atom. The van der Waals surface area contributed by atoms with E-state index in [4.69, 9.17) is 0 Å². The molecule has 1 aliphatic rings. The number of likely N-dealkylation sites (tertiary alicyclic amines) is 1. The molecule has 0 aliphatic carbocycles. The van der Waals surface area contributed by atoms with Gasteiger partial charge >= 0.3 is 0 Å². The second-order valence-corrected chi connectivity index (χ2v) is 6.24. The Labute approximate surface area is 103 Å². The molecule has 2 rings (SSSR count). The molecule has 0 unspecified atom stereocenters. The molecule has 3 heteroatoms. The van der Waals surface area contributed by atoms with Crippen LogP contribution in [0.15, 0.2) is 5.51 Å². The number of hydrogen-bond donors (Lipinski definition) is 0. The smallest absolute Gasteiger partial charge is 0.0798 e. The minimum absolute atomic E-state index is 0.596. The third-order valence-electron chi connectivity index (χ3n) is 4.13. The van der Waals surface area contributed by atoms with Crippen LogP contribution < -0.4 is 0 Å². The monoisotopic (exact) mass is 238 g/mol. The molecule has 0 amide bonds. The van der Waals surface area contributed by atoms with Crippen molar-refractivity contribution in [2.45, 2.75) is 46.6 Å². The zero-order valence-corrected chi connectivity index (χ0v) is 11.4. The summed E-state index contributed by atoms with van der Waals surface area (Å²) in [5.41, 5.74) is 3.78. The number of aryl methyl sites for hydroxylation is 1. The van der Waals surface area contributed by atoms with Crippen molar-refractivity contribution in [2.75, 3.05) is 13.1 Å². The molecule has 0 saturated carbocycles. The topological polar surface area (TPSA) is 16.1 Å². The van der Waals surface area contributed by atoms with Gasteiger partial charge in [-0.25, -0.2) is 4.98 Å². The first kappa shape index (κ1) is 12.1. The molecule has 1 saturated heterocycles. The maximum Gasteiger partial charge on any atom is 0.0798 e. The Morgan fingerprint density at radius 2 is 2.12 bits per heavy atom. The highest BCUT2D eigenvalue weighted by atomic mass is 32.1. The predicted octanol–water partition coefficient (Wildman–Crippen LogP) is 3.46. The standard InChI is InChI=1S/C13H22N2S/c1-4-13(3)5-7-15(8-6-13)9-12-11(2)14-10-16-12/h10H,4-9H2,1-3H3. The number of rotatable bonds is 3. The lowest BCUT2D eigenvalue weighted by Gasteiger charge is -2.38. The number of nitrogens with zero attached hydrogens (tertiary/aromatic N) is 2. The van der Waals surface area contributed by atoms with Crippen LogP contribution in [0.4, 0.5) is 0 Å². The lowest BCUT2D eigenvalue weighted by molar-refractivity contribution is 0.110. The van der Waals surface area contributed by atoms with Gasteiger partial charge in [0.25, 0.3) is 0 Å². The van der Waals surface area contributed by atoms with Gasteiger partial charge in [-0.1, -0.05) is 20.3 Å². The molecule has 16 heavy (non-hydrogen) atoms. The number of thiazole rings is 1. The van der Waals surface area contributed by atoms with Crippen molar-refractivity contribution in [3.8, 4) is 0 Å². The lowest BCUT2D eigenvalue weighted by atomic mass is 9.78. The Hall–Kier alpha value is -0.410. The van der Waals surface area contributed by atoms with Gasteiger partial charge in [-0.05, 0) is 38.3 Å². The van der Waals surface area contributed by atoms with Crippen LogP contribution in [-0.4, -0.2) is 23.0 Å². The first-order valence-electron chi connectivity index (χ1n) is 6.24. The van der Waals surface area contributed by atoms with Crippen molar-refractivity contribution in [2.24, 2.45) is 5.41 Å². The number of piperidine rings is 1. The minimum atomic E-state index is 0.596. The lowest BCUT2D eigenvalue weighted by Crippen LogP contribution is -2.37. The Kier molecular flexibility index (Phi) is 3.65. The Balaban J connectivity index is 1.88. The van der Waals surface area contributed by atoms with Gasteiger partial charge in [-0.3, -0.25) is 4.90 Å². The Bertz CT molecular complexity index is 337. The zero-order valence-electron chi connectivity index (χ0n) is 10.6. The van der Waals surface area contributed by atoms with Gasteiger partial charge in [0.05, 0.1) is 11.2 Å². The van der Waals surface area contributed by atoms with Crippen LogP contribution >= 0.6 is 11.3 Å². The molecule has 1 aromatic rings. The van der Waals surface area contributed by atoms with E-state index in [1.807, 2.05) is 5.51 Å². The van der Waals surface area contributed by atoms with Gasteiger partial charge in [-0.2, -0.15) is 0 Å². The quantitative estimate of drug-likeness (QED) is 0.801. The molecule has 0 radical (unpaired) electrons. The molecule has 90 valence electrons. The SMILES string of the molecule is CCC1(C)CCN(Cc2scnc2C)CC1. The van der Waals surface area contributed by atoms with E-state index in [2.05, 4.69) is 30.7 Å². The summed E-state index contributed by atoms with van der Waals surface area (Å²) in [7, 11) is 0. The molecular formula is C13H22N2S. The molecule has 2 heterocycles. The molecule has 0 aromatic carbocycles. The van der Waals surface area contributed by atoms with E-state index in [1.165, 1.54) is 42.9 Å². The normalized spacial score (nSPS) is 21.2. The van der Waals surface area contributed by atoms with Crippen LogP contribution in [0.25, 0.3) is 0 Å². The average molecular weight is 238 g/mol. The highest BCUT2D eigenvalue weighted by Gasteiger charge is 2.28. The highest BCUT2D eigenvalue weighted by Crippen LogP contribution is 2.34. The predicted molar refractivity (Wildman–Crippen MR) is 69.8 cm³/mol.